The summed E-state index contributed by atoms with van der Waals surface area (Å²) < 4.78 is 0. The molecule has 0 aliphatic heterocycles. The van der Waals surface area contributed by atoms with Crippen LogP contribution in [0.15, 0.2) is 48.7 Å². The van der Waals surface area contributed by atoms with Crippen LogP contribution in [0.25, 0.3) is 0 Å². The number of rotatable bonds is 9. The molecule has 2 aromatic heterocycles. The molecule has 1 aromatic carbocycles. The van der Waals surface area contributed by atoms with Gasteiger partial charge in [-0.05, 0) is 47.6 Å². The van der Waals surface area contributed by atoms with E-state index in [1.165, 1.54) is 40.9 Å². The van der Waals surface area contributed by atoms with E-state index < -0.39 is 0 Å². The molecule has 186 valence electrons. The van der Waals surface area contributed by atoms with Crippen molar-refractivity contribution in [3.05, 3.63) is 81.9 Å². The summed E-state index contributed by atoms with van der Waals surface area (Å²) in [6.07, 6.45) is 5.97. The summed E-state index contributed by atoms with van der Waals surface area (Å²) >= 11 is 5.85. The number of H-pyrrole nitrogens is 1. The minimum atomic E-state index is 0. The summed E-state index contributed by atoms with van der Waals surface area (Å²) in [6, 6.07) is 14.9. The number of carbonyl (C=O) groups excluding carboxylic acids is 1. The maximum Gasteiger partial charge on any atom is 0.206 e. The molecule has 1 atom stereocenters. The molecular formula is C27H40ClN5O. The number of benzene rings is 1. The highest BCUT2D eigenvalue weighted by Crippen LogP contribution is 2.39. The molecular weight excluding hydrogens is 446 g/mol. The van der Waals surface area contributed by atoms with Crippen LogP contribution >= 0.6 is 11.6 Å². The van der Waals surface area contributed by atoms with Crippen LogP contribution in [0.1, 0.15) is 81.0 Å². The topological polar surface area (TPSA) is 82.7 Å². The molecule has 1 unspecified atom stereocenters. The zero-order valence-electron chi connectivity index (χ0n) is 20.1. The first-order valence-electron chi connectivity index (χ1n) is 11.6. The normalized spacial score (nSPS) is 12.7. The second-order valence-electron chi connectivity index (χ2n) is 7.94. The fourth-order valence-electron chi connectivity index (χ4n) is 3.28. The number of hydrogen-bond acceptors (Lipinski definition) is 4. The Morgan fingerprint density at radius 2 is 1.79 bits per heavy atom. The maximum atomic E-state index is 9.06. The van der Waals surface area contributed by atoms with Gasteiger partial charge < -0.3 is 10.6 Å². The van der Waals surface area contributed by atoms with Gasteiger partial charge in [-0.3, -0.25) is 9.89 Å². The minimum Gasteiger partial charge on any atom is -0.362 e. The third kappa shape index (κ3) is 10.1. The van der Waals surface area contributed by atoms with E-state index in [0.717, 1.165) is 19.5 Å². The van der Waals surface area contributed by atoms with Crippen molar-refractivity contribution < 1.29 is 4.79 Å². The molecule has 3 aromatic rings. The fourth-order valence-corrected chi connectivity index (χ4v) is 3.39. The molecule has 0 saturated heterocycles. The molecule has 6 nitrogen and oxygen atoms in total. The Morgan fingerprint density at radius 1 is 1.15 bits per heavy atom. The van der Waals surface area contributed by atoms with Crippen LogP contribution in [0.4, 0.5) is 0 Å². The van der Waals surface area contributed by atoms with Gasteiger partial charge in [0.2, 0.25) is 6.41 Å². The Labute approximate surface area is 209 Å². The molecule has 7 heteroatoms. The van der Waals surface area contributed by atoms with E-state index in [4.69, 9.17) is 16.4 Å². The Morgan fingerprint density at radius 3 is 2.35 bits per heavy atom. The summed E-state index contributed by atoms with van der Waals surface area (Å²) in [5, 5.41) is 13.9. The van der Waals surface area contributed by atoms with Gasteiger partial charge in [-0.1, -0.05) is 70.1 Å². The lowest BCUT2D eigenvalue weighted by molar-refractivity contribution is -0.109. The highest BCUT2D eigenvalue weighted by molar-refractivity contribution is 6.29. The van der Waals surface area contributed by atoms with Crippen molar-refractivity contribution in [1.82, 2.24) is 25.8 Å². The molecule has 1 aliphatic carbocycles. The van der Waals surface area contributed by atoms with Gasteiger partial charge in [0.15, 0.2) is 0 Å². The number of aromatic amines is 1. The van der Waals surface area contributed by atoms with Gasteiger partial charge in [0, 0.05) is 44.4 Å². The molecule has 34 heavy (non-hydrogen) atoms. The fraction of sp³-hybridized carbons (Fsp3) is 0.444. The predicted molar refractivity (Wildman–Crippen MR) is 142 cm³/mol. The number of halogens is 1. The lowest BCUT2D eigenvalue weighted by atomic mass is 10.0. The summed E-state index contributed by atoms with van der Waals surface area (Å²) in [4.78, 5) is 13.2. The summed E-state index contributed by atoms with van der Waals surface area (Å²) in [7, 11) is 1.56. The van der Waals surface area contributed by atoms with Crippen molar-refractivity contribution in [2.45, 2.75) is 65.8 Å². The van der Waals surface area contributed by atoms with E-state index in [9.17, 15) is 0 Å². The molecule has 3 N–H and O–H groups in total. The van der Waals surface area contributed by atoms with Gasteiger partial charge in [-0.15, -0.1) is 0 Å². The van der Waals surface area contributed by atoms with Crippen LogP contribution in [-0.2, 0) is 17.8 Å². The number of nitrogens with zero attached hydrogens (tertiary/aromatic N) is 2. The van der Waals surface area contributed by atoms with Crippen molar-refractivity contribution in [3.63, 3.8) is 0 Å². The number of carbonyl (C=O) groups is 1. The molecule has 1 saturated carbocycles. The van der Waals surface area contributed by atoms with Gasteiger partial charge in [-0.25, -0.2) is 4.98 Å². The quantitative estimate of drug-likeness (QED) is 0.262. The van der Waals surface area contributed by atoms with Crippen molar-refractivity contribution in [2.75, 3.05) is 13.6 Å². The Bertz CT molecular complexity index is 936. The lowest BCUT2D eigenvalue weighted by Crippen LogP contribution is -2.19. The lowest BCUT2D eigenvalue weighted by Gasteiger charge is -2.13. The average molecular weight is 486 g/mol. The largest absolute Gasteiger partial charge is 0.362 e. The first-order valence-corrected chi connectivity index (χ1v) is 12.0. The van der Waals surface area contributed by atoms with E-state index in [0.29, 0.717) is 23.4 Å². The van der Waals surface area contributed by atoms with Crippen LogP contribution in [-0.4, -0.2) is 35.2 Å². The zero-order chi connectivity index (χ0) is 24.1. The smallest absolute Gasteiger partial charge is 0.206 e. The standard InChI is InChI=1S/C22H25ClN4.C2H5NO.C2H6.CH4/c1-15(19-8-9-22(23)25-14-19)12-24-13-17-4-2-16(3-5-17)10-20-11-21(27-26-20)18-6-7-18;1-3-2-4;1-2;/h2-5,8-9,11,14-15,18,24H,6-7,10,12-13H2,1H3,(H,26,27);2H,1H3,(H,3,4);1-2H3;1H4. The number of hydrogen-bond donors (Lipinski definition) is 3. The van der Waals surface area contributed by atoms with E-state index in [1.54, 1.807) is 7.05 Å². The highest BCUT2D eigenvalue weighted by Gasteiger charge is 2.25. The second-order valence-corrected chi connectivity index (χ2v) is 8.33. The zero-order valence-corrected chi connectivity index (χ0v) is 20.8. The third-order valence-electron chi connectivity index (χ3n) is 5.28. The molecule has 1 amide bonds. The second kappa shape index (κ2) is 16.0. The van der Waals surface area contributed by atoms with E-state index >= 15 is 0 Å². The van der Waals surface area contributed by atoms with Gasteiger partial charge in [0.1, 0.15) is 5.15 Å². The molecule has 0 bridgehead atoms. The van der Waals surface area contributed by atoms with Crippen LogP contribution in [0.2, 0.25) is 5.15 Å². The molecule has 1 fully saturated rings. The molecule has 0 radical (unpaired) electrons. The average Bonchev–Trinajstić information content (AvgIpc) is 3.61. The van der Waals surface area contributed by atoms with Gasteiger partial charge in [0.25, 0.3) is 0 Å². The monoisotopic (exact) mass is 485 g/mol. The first kappa shape index (κ1) is 29.3. The Hall–Kier alpha value is -2.70. The SMILES string of the molecule is C.CC.CC(CNCc1ccc(Cc2cc(C3CC3)n[nH]2)cc1)c1ccc(Cl)nc1.CNC=O. The van der Waals surface area contributed by atoms with Gasteiger partial charge >= 0.3 is 0 Å². The van der Waals surface area contributed by atoms with Crippen LogP contribution < -0.4 is 10.6 Å². The molecule has 1 aliphatic rings. The van der Waals surface area contributed by atoms with Crippen molar-refractivity contribution >= 4 is 18.0 Å². The highest BCUT2D eigenvalue weighted by atomic mass is 35.5. The number of amides is 1. The number of aromatic nitrogens is 3. The first-order chi connectivity index (χ1) is 16.1. The molecule has 0 spiro atoms. The third-order valence-corrected chi connectivity index (χ3v) is 5.50. The molecule has 4 rings (SSSR count). The molecule has 2 heterocycles. The van der Waals surface area contributed by atoms with Gasteiger partial charge in [-0.2, -0.15) is 5.10 Å². The van der Waals surface area contributed by atoms with Crippen LogP contribution in [0.3, 0.4) is 0 Å². The summed E-state index contributed by atoms with van der Waals surface area (Å²) in [6.45, 7) is 7.96. The Balaban J connectivity index is 0.000000751. The van der Waals surface area contributed by atoms with Gasteiger partial charge in [0.05, 0.1) is 5.69 Å². The van der Waals surface area contributed by atoms with Crippen molar-refractivity contribution in [1.29, 1.82) is 0 Å². The number of nitrogens with one attached hydrogen (secondary N) is 3. The van der Waals surface area contributed by atoms with Crippen LogP contribution in [0, 0.1) is 0 Å². The maximum absolute atomic E-state index is 9.06. The van der Waals surface area contributed by atoms with E-state index in [-0.39, 0.29) is 7.43 Å². The van der Waals surface area contributed by atoms with E-state index in [2.05, 4.69) is 63.1 Å². The van der Waals surface area contributed by atoms with E-state index in [1.807, 2.05) is 32.2 Å². The van der Waals surface area contributed by atoms with Crippen molar-refractivity contribution in [3.8, 4) is 0 Å². The summed E-state index contributed by atoms with van der Waals surface area (Å²) in [5.74, 6) is 1.10. The van der Waals surface area contributed by atoms with Crippen molar-refractivity contribution in [2.24, 2.45) is 0 Å². The summed E-state index contributed by atoms with van der Waals surface area (Å²) in [5.41, 5.74) is 6.24. The predicted octanol–water partition coefficient (Wildman–Crippen LogP) is 5.84. The minimum absolute atomic E-state index is 0. The Kier molecular flexibility index (Phi) is 13.8. The van der Waals surface area contributed by atoms with Crippen LogP contribution in [0.5, 0.6) is 0 Å². The number of pyridine rings is 1.